The van der Waals surface area contributed by atoms with Crippen molar-refractivity contribution in [3.05, 3.63) is 35.9 Å². The monoisotopic (exact) mass is 437 g/mol. The number of aliphatic hydroxyl groups excluding tert-OH is 1. The zero-order valence-corrected chi connectivity index (χ0v) is 19.8. The first-order valence-corrected chi connectivity index (χ1v) is 11.0. The first-order chi connectivity index (χ1) is 14.4. The number of ether oxygens (including phenoxy) is 4. The topological polar surface area (TPSA) is 77.5 Å². The van der Waals surface area contributed by atoms with E-state index in [1.54, 1.807) is 4.90 Å². The molecule has 0 radical (unpaired) electrons. The number of nitrogens with zero attached hydrogens (tertiary/aromatic N) is 1. The number of benzene rings is 1. The Morgan fingerprint density at radius 1 is 1.10 bits per heavy atom. The number of carbonyl (C=O) groups is 1. The summed E-state index contributed by atoms with van der Waals surface area (Å²) in [5, 5.41) is 10.6. The quantitative estimate of drug-likeness (QED) is 0.341. The van der Waals surface area contributed by atoms with Crippen LogP contribution in [0.5, 0.6) is 0 Å². The predicted molar refractivity (Wildman–Crippen MR) is 118 cm³/mol. The minimum atomic E-state index is -1.21. The van der Waals surface area contributed by atoms with E-state index in [-0.39, 0.29) is 12.1 Å². The Hall–Kier alpha value is -1.51. The third-order valence-corrected chi connectivity index (χ3v) is 4.62. The molecular weight excluding hydrogens is 398 g/mol. The molecule has 1 unspecified atom stereocenters. The van der Waals surface area contributed by atoms with Gasteiger partial charge in [0, 0.05) is 26.2 Å². The fraction of sp³-hybridized carbons (Fsp3) is 0.708. The molecule has 1 aromatic rings. The number of carbonyl (C=O) groups excluding carboxylic acids is 1. The molecule has 3 atom stereocenters. The fourth-order valence-corrected chi connectivity index (χ4v) is 3.35. The molecule has 1 aliphatic rings. The summed E-state index contributed by atoms with van der Waals surface area (Å²) in [6, 6.07) is 9.42. The summed E-state index contributed by atoms with van der Waals surface area (Å²) < 4.78 is 22.9. The van der Waals surface area contributed by atoms with Crippen LogP contribution in [0.25, 0.3) is 0 Å². The van der Waals surface area contributed by atoms with Crippen LogP contribution in [0.3, 0.4) is 0 Å². The van der Waals surface area contributed by atoms with E-state index in [0.29, 0.717) is 32.8 Å². The van der Waals surface area contributed by atoms with Crippen molar-refractivity contribution in [2.75, 3.05) is 19.8 Å². The third kappa shape index (κ3) is 9.66. The van der Waals surface area contributed by atoms with Gasteiger partial charge in [0.05, 0.1) is 18.3 Å². The number of likely N-dealkylation sites (tertiary alicyclic amines) is 1. The zero-order valence-electron chi connectivity index (χ0n) is 19.8. The average molecular weight is 438 g/mol. The predicted octanol–water partition coefficient (Wildman–Crippen LogP) is 3.49. The lowest BCUT2D eigenvalue weighted by atomic mass is 10.1. The normalized spacial score (nSPS) is 21.3. The van der Waals surface area contributed by atoms with Crippen molar-refractivity contribution in [2.24, 2.45) is 0 Å². The van der Waals surface area contributed by atoms with Gasteiger partial charge in [-0.3, -0.25) is 4.79 Å². The van der Waals surface area contributed by atoms with E-state index in [9.17, 15) is 9.90 Å². The Balaban J connectivity index is 1.82. The lowest BCUT2D eigenvalue weighted by molar-refractivity contribution is -0.246. The molecule has 176 valence electrons. The van der Waals surface area contributed by atoms with Gasteiger partial charge in [0.25, 0.3) is 0 Å². The highest BCUT2D eigenvalue weighted by Crippen LogP contribution is 2.27. The summed E-state index contributed by atoms with van der Waals surface area (Å²) in [7, 11) is 0. The van der Waals surface area contributed by atoms with Crippen LogP contribution in [0.4, 0.5) is 0 Å². The van der Waals surface area contributed by atoms with Crippen LogP contribution in [0.1, 0.15) is 59.9 Å². The molecule has 1 saturated heterocycles. The van der Waals surface area contributed by atoms with E-state index in [4.69, 9.17) is 18.9 Å². The van der Waals surface area contributed by atoms with E-state index < -0.39 is 23.7 Å². The highest BCUT2D eigenvalue weighted by molar-refractivity contribution is 5.76. The molecule has 0 aromatic heterocycles. The average Bonchev–Trinajstić information content (AvgIpc) is 3.07. The van der Waals surface area contributed by atoms with Gasteiger partial charge in [-0.15, -0.1) is 0 Å². The maximum atomic E-state index is 12.7. The fourth-order valence-electron chi connectivity index (χ4n) is 3.35. The van der Waals surface area contributed by atoms with E-state index in [1.165, 1.54) is 0 Å². The van der Waals surface area contributed by atoms with Crippen molar-refractivity contribution >= 4 is 5.97 Å². The van der Waals surface area contributed by atoms with E-state index in [2.05, 4.69) is 0 Å². The molecular formula is C24H39NO6. The summed E-state index contributed by atoms with van der Waals surface area (Å²) in [5.74, 6) is -0.374. The van der Waals surface area contributed by atoms with E-state index in [1.807, 2.05) is 71.9 Å². The third-order valence-electron chi connectivity index (χ3n) is 4.62. The van der Waals surface area contributed by atoms with Crippen LogP contribution in [-0.2, 0) is 30.3 Å². The van der Waals surface area contributed by atoms with Crippen molar-refractivity contribution in [3.8, 4) is 0 Å². The Morgan fingerprint density at radius 2 is 1.77 bits per heavy atom. The van der Waals surface area contributed by atoms with Crippen LogP contribution in [-0.4, -0.2) is 65.5 Å². The lowest BCUT2D eigenvalue weighted by Crippen LogP contribution is -2.48. The first-order valence-electron chi connectivity index (χ1n) is 11.0. The number of esters is 1. The Morgan fingerprint density at radius 3 is 2.39 bits per heavy atom. The van der Waals surface area contributed by atoms with Gasteiger partial charge in [0.2, 0.25) is 6.41 Å². The standard InChI is InChI=1S/C24H39NO6/c1-23(2,3)30-21(26)20-15-19(16-25(20)22(27)31-24(4,5)6)29-14-10-13-28-17-18-11-8-7-9-12-18/h7-9,11-12,19-20,22,27H,10,13-17H2,1-6H3/t19-,20+,22?/m1/s1. The molecule has 2 rings (SSSR count). The Kier molecular flexibility index (Phi) is 9.45. The van der Waals surface area contributed by atoms with Gasteiger partial charge in [0.1, 0.15) is 11.6 Å². The summed E-state index contributed by atoms with van der Waals surface area (Å²) in [6.07, 6.45) is -0.198. The summed E-state index contributed by atoms with van der Waals surface area (Å²) in [5.41, 5.74) is -0.0107. The molecule has 1 aliphatic heterocycles. The molecule has 1 fully saturated rings. The molecule has 1 N–H and O–H groups in total. The van der Waals surface area contributed by atoms with Crippen LogP contribution >= 0.6 is 0 Å². The summed E-state index contributed by atoms with van der Waals surface area (Å²) in [6.45, 7) is 13.2. The van der Waals surface area contributed by atoms with Crippen molar-refractivity contribution in [3.63, 3.8) is 0 Å². The smallest absolute Gasteiger partial charge is 0.324 e. The van der Waals surface area contributed by atoms with Gasteiger partial charge in [0.15, 0.2) is 0 Å². The van der Waals surface area contributed by atoms with Crippen LogP contribution in [0.2, 0.25) is 0 Å². The van der Waals surface area contributed by atoms with Crippen LogP contribution < -0.4 is 0 Å². The van der Waals surface area contributed by atoms with E-state index >= 15 is 0 Å². The molecule has 7 heteroatoms. The molecule has 0 saturated carbocycles. The molecule has 0 amide bonds. The van der Waals surface area contributed by atoms with Gasteiger partial charge < -0.3 is 24.1 Å². The molecule has 1 heterocycles. The molecule has 0 bridgehead atoms. The summed E-state index contributed by atoms with van der Waals surface area (Å²) >= 11 is 0. The van der Waals surface area contributed by atoms with E-state index in [0.717, 1.165) is 12.0 Å². The molecule has 7 nitrogen and oxygen atoms in total. The number of hydrogen-bond acceptors (Lipinski definition) is 7. The summed E-state index contributed by atoms with van der Waals surface area (Å²) in [4.78, 5) is 14.4. The molecule has 0 spiro atoms. The highest BCUT2D eigenvalue weighted by atomic mass is 16.6. The molecule has 31 heavy (non-hydrogen) atoms. The number of hydrogen-bond donors (Lipinski definition) is 1. The van der Waals surface area contributed by atoms with Crippen molar-refractivity contribution in [2.45, 2.75) is 90.8 Å². The van der Waals surface area contributed by atoms with Crippen LogP contribution in [0.15, 0.2) is 30.3 Å². The van der Waals surface area contributed by atoms with Gasteiger partial charge in [-0.05, 0) is 53.5 Å². The van der Waals surface area contributed by atoms with Gasteiger partial charge in [-0.2, -0.15) is 0 Å². The van der Waals surface area contributed by atoms with Crippen molar-refractivity contribution in [1.82, 2.24) is 4.90 Å². The Labute approximate surface area is 186 Å². The molecule has 0 aliphatic carbocycles. The lowest BCUT2D eigenvalue weighted by Gasteiger charge is -2.33. The maximum Gasteiger partial charge on any atom is 0.324 e. The largest absolute Gasteiger partial charge is 0.459 e. The molecule has 1 aromatic carbocycles. The first kappa shape index (κ1) is 25.7. The number of aliphatic hydroxyl groups is 1. The Bertz CT molecular complexity index is 667. The van der Waals surface area contributed by atoms with Crippen LogP contribution in [0, 0.1) is 0 Å². The second-order valence-corrected chi connectivity index (χ2v) is 9.92. The highest BCUT2D eigenvalue weighted by Gasteiger charge is 2.43. The second kappa shape index (κ2) is 11.4. The van der Waals surface area contributed by atoms with Gasteiger partial charge >= 0.3 is 5.97 Å². The minimum Gasteiger partial charge on any atom is -0.459 e. The minimum absolute atomic E-state index is 0.190. The zero-order chi connectivity index (χ0) is 23.1. The van der Waals surface area contributed by atoms with Crippen molar-refractivity contribution in [1.29, 1.82) is 0 Å². The van der Waals surface area contributed by atoms with Crippen molar-refractivity contribution < 1.29 is 28.8 Å². The van der Waals surface area contributed by atoms with Gasteiger partial charge in [-0.25, -0.2) is 4.90 Å². The second-order valence-electron chi connectivity index (χ2n) is 9.92. The van der Waals surface area contributed by atoms with Gasteiger partial charge in [-0.1, -0.05) is 30.3 Å². The number of rotatable bonds is 10. The SMILES string of the molecule is CC(C)(C)OC(=O)[C@@H]1C[C@@H](OCCCOCc2ccccc2)CN1C(O)OC(C)(C)C. The maximum absolute atomic E-state index is 12.7.